The van der Waals surface area contributed by atoms with E-state index in [0.717, 1.165) is 22.1 Å². The highest BCUT2D eigenvalue weighted by Gasteiger charge is 2.19. The van der Waals surface area contributed by atoms with Crippen LogP contribution in [0.4, 0.5) is 5.69 Å². The highest BCUT2D eigenvalue weighted by atomic mass is 32.1. The van der Waals surface area contributed by atoms with Crippen LogP contribution in [0, 0.1) is 0 Å². The van der Waals surface area contributed by atoms with Gasteiger partial charge in [0.2, 0.25) is 11.8 Å². The molecule has 0 aliphatic heterocycles. The molecule has 150 valence electrons. The van der Waals surface area contributed by atoms with Gasteiger partial charge in [0.05, 0.1) is 5.92 Å². The molecule has 5 heteroatoms. The van der Waals surface area contributed by atoms with Crippen molar-refractivity contribution >= 4 is 38.9 Å². The first-order valence-electron chi connectivity index (χ1n) is 9.84. The molecular formula is C25H22N2O2S. The molecule has 4 aromatic rings. The molecule has 0 aliphatic carbocycles. The highest BCUT2D eigenvalue weighted by Crippen LogP contribution is 2.31. The Kier molecular flexibility index (Phi) is 5.63. The second-order valence-corrected chi connectivity index (χ2v) is 8.11. The predicted molar refractivity (Wildman–Crippen MR) is 124 cm³/mol. The third-order valence-electron chi connectivity index (χ3n) is 5.24. The molecule has 1 aromatic heterocycles. The molecule has 0 spiro atoms. The van der Waals surface area contributed by atoms with Gasteiger partial charge in [0.1, 0.15) is 0 Å². The van der Waals surface area contributed by atoms with Gasteiger partial charge in [-0.2, -0.15) is 0 Å². The van der Waals surface area contributed by atoms with Crippen LogP contribution in [0.2, 0.25) is 0 Å². The van der Waals surface area contributed by atoms with Crippen molar-refractivity contribution in [1.29, 1.82) is 0 Å². The van der Waals surface area contributed by atoms with E-state index in [1.54, 1.807) is 17.4 Å². The fraction of sp³-hybridized carbons (Fsp3) is 0.120. The molecule has 4 rings (SSSR count). The van der Waals surface area contributed by atoms with E-state index in [2.05, 4.69) is 11.4 Å². The zero-order valence-corrected chi connectivity index (χ0v) is 17.4. The molecule has 0 bridgehead atoms. The third kappa shape index (κ3) is 3.98. The quantitative estimate of drug-likeness (QED) is 0.418. The van der Waals surface area contributed by atoms with Crippen molar-refractivity contribution in [2.24, 2.45) is 5.73 Å². The standard InChI is InChI=1S/C25H22N2O2S/c1-2-20(16-6-4-3-5-7-16)25(29)27-19-9-10-21(22(15-19)24(26)28)17-8-11-23-18(14-17)12-13-30-23/h3-15,20H,2H2,1H3,(H2,26,28)(H,27,29). The Bertz CT molecular complexity index is 1210. The Labute approximate surface area is 179 Å². The van der Waals surface area contributed by atoms with Crippen molar-refractivity contribution in [3.63, 3.8) is 0 Å². The number of amides is 2. The maximum Gasteiger partial charge on any atom is 0.249 e. The lowest BCUT2D eigenvalue weighted by Gasteiger charge is -2.16. The van der Waals surface area contributed by atoms with Gasteiger partial charge >= 0.3 is 0 Å². The van der Waals surface area contributed by atoms with Crippen LogP contribution in [-0.2, 0) is 4.79 Å². The SMILES string of the molecule is CCC(C(=O)Nc1ccc(-c2ccc3sccc3c2)c(C(N)=O)c1)c1ccccc1. The van der Waals surface area contributed by atoms with E-state index >= 15 is 0 Å². The summed E-state index contributed by atoms with van der Waals surface area (Å²) < 4.78 is 1.19. The summed E-state index contributed by atoms with van der Waals surface area (Å²) in [6.45, 7) is 1.98. The maximum absolute atomic E-state index is 12.9. The lowest BCUT2D eigenvalue weighted by molar-refractivity contribution is -0.117. The number of primary amides is 1. The molecule has 2 amide bonds. The zero-order valence-electron chi connectivity index (χ0n) is 16.6. The van der Waals surface area contributed by atoms with Gasteiger partial charge in [0.15, 0.2) is 0 Å². The van der Waals surface area contributed by atoms with Gasteiger partial charge < -0.3 is 11.1 Å². The fourth-order valence-corrected chi connectivity index (χ4v) is 4.47. The number of anilines is 1. The number of fused-ring (bicyclic) bond motifs is 1. The van der Waals surface area contributed by atoms with E-state index in [4.69, 9.17) is 5.73 Å². The summed E-state index contributed by atoms with van der Waals surface area (Å²) >= 11 is 1.67. The van der Waals surface area contributed by atoms with Crippen molar-refractivity contribution in [1.82, 2.24) is 0 Å². The van der Waals surface area contributed by atoms with E-state index in [-0.39, 0.29) is 11.8 Å². The molecule has 0 saturated heterocycles. The van der Waals surface area contributed by atoms with Crippen LogP contribution in [0.5, 0.6) is 0 Å². The van der Waals surface area contributed by atoms with E-state index in [1.807, 2.05) is 73.0 Å². The van der Waals surface area contributed by atoms with Crippen LogP contribution in [0.25, 0.3) is 21.2 Å². The molecule has 0 fully saturated rings. The van der Waals surface area contributed by atoms with E-state index in [0.29, 0.717) is 17.7 Å². The summed E-state index contributed by atoms with van der Waals surface area (Å²) in [5.41, 5.74) is 9.25. The molecule has 3 aromatic carbocycles. The van der Waals surface area contributed by atoms with Gasteiger partial charge in [-0.25, -0.2) is 0 Å². The molecule has 4 nitrogen and oxygen atoms in total. The summed E-state index contributed by atoms with van der Waals surface area (Å²) in [6, 6.07) is 23.1. The number of hydrogen-bond donors (Lipinski definition) is 2. The van der Waals surface area contributed by atoms with Gasteiger partial charge in [-0.3, -0.25) is 9.59 Å². The number of carbonyl (C=O) groups is 2. The Hall–Kier alpha value is -3.44. The van der Waals surface area contributed by atoms with E-state index < -0.39 is 5.91 Å². The van der Waals surface area contributed by atoms with Crippen molar-refractivity contribution in [2.75, 3.05) is 5.32 Å². The third-order valence-corrected chi connectivity index (χ3v) is 6.14. The van der Waals surface area contributed by atoms with Gasteiger partial charge in [0.25, 0.3) is 0 Å². The minimum atomic E-state index is -0.526. The molecular weight excluding hydrogens is 392 g/mol. The molecule has 1 atom stereocenters. The van der Waals surface area contributed by atoms with Crippen LogP contribution < -0.4 is 11.1 Å². The second kappa shape index (κ2) is 8.51. The molecule has 30 heavy (non-hydrogen) atoms. The van der Waals surface area contributed by atoms with Crippen molar-refractivity contribution in [3.05, 3.63) is 89.3 Å². The number of rotatable bonds is 6. The molecule has 0 radical (unpaired) electrons. The Morgan fingerprint density at radius 3 is 2.53 bits per heavy atom. The summed E-state index contributed by atoms with van der Waals surface area (Å²) in [5.74, 6) is -0.892. The zero-order chi connectivity index (χ0) is 21.1. The number of nitrogens with two attached hydrogens (primary N) is 1. The monoisotopic (exact) mass is 414 g/mol. The van der Waals surface area contributed by atoms with Crippen molar-refractivity contribution < 1.29 is 9.59 Å². The van der Waals surface area contributed by atoms with Gasteiger partial charge in [-0.05, 0) is 64.2 Å². The number of thiophene rings is 1. The van der Waals surface area contributed by atoms with E-state index in [9.17, 15) is 9.59 Å². The van der Waals surface area contributed by atoms with E-state index in [1.165, 1.54) is 4.70 Å². The molecule has 1 heterocycles. The first kappa shape index (κ1) is 19.9. The average molecular weight is 415 g/mol. The topological polar surface area (TPSA) is 72.2 Å². The summed E-state index contributed by atoms with van der Waals surface area (Å²) in [6.07, 6.45) is 0.678. The average Bonchev–Trinajstić information content (AvgIpc) is 3.23. The summed E-state index contributed by atoms with van der Waals surface area (Å²) in [4.78, 5) is 25.0. The largest absolute Gasteiger partial charge is 0.366 e. The normalized spacial score (nSPS) is 11.9. The molecule has 0 saturated carbocycles. The van der Waals surface area contributed by atoms with Crippen LogP contribution in [0.3, 0.4) is 0 Å². The summed E-state index contributed by atoms with van der Waals surface area (Å²) in [7, 11) is 0. The highest BCUT2D eigenvalue weighted by molar-refractivity contribution is 7.17. The van der Waals surface area contributed by atoms with Crippen molar-refractivity contribution in [3.8, 4) is 11.1 Å². The van der Waals surface area contributed by atoms with Crippen LogP contribution in [0.1, 0.15) is 35.2 Å². The molecule has 3 N–H and O–H groups in total. The Morgan fingerprint density at radius 1 is 1.00 bits per heavy atom. The maximum atomic E-state index is 12.9. The van der Waals surface area contributed by atoms with Gasteiger partial charge in [-0.15, -0.1) is 11.3 Å². The minimum Gasteiger partial charge on any atom is -0.366 e. The molecule has 1 unspecified atom stereocenters. The molecule has 0 aliphatic rings. The van der Waals surface area contributed by atoms with Gasteiger partial charge in [-0.1, -0.05) is 49.4 Å². The van der Waals surface area contributed by atoms with Crippen LogP contribution in [0.15, 0.2) is 78.2 Å². The van der Waals surface area contributed by atoms with Crippen molar-refractivity contribution in [2.45, 2.75) is 19.3 Å². The first-order chi connectivity index (χ1) is 14.6. The second-order valence-electron chi connectivity index (χ2n) is 7.16. The number of hydrogen-bond acceptors (Lipinski definition) is 3. The van der Waals surface area contributed by atoms with Crippen LogP contribution >= 0.6 is 11.3 Å². The Balaban J connectivity index is 1.64. The lowest BCUT2D eigenvalue weighted by atomic mass is 9.95. The predicted octanol–water partition coefficient (Wildman–Crippen LogP) is 5.80. The summed E-state index contributed by atoms with van der Waals surface area (Å²) in [5, 5.41) is 6.11. The number of benzene rings is 3. The Morgan fingerprint density at radius 2 is 1.80 bits per heavy atom. The minimum absolute atomic E-state index is 0.105. The smallest absolute Gasteiger partial charge is 0.249 e. The fourth-order valence-electron chi connectivity index (χ4n) is 3.70. The first-order valence-corrected chi connectivity index (χ1v) is 10.7. The van der Waals surface area contributed by atoms with Gasteiger partial charge in [0, 0.05) is 16.0 Å². The lowest BCUT2D eigenvalue weighted by Crippen LogP contribution is -2.21. The van der Waals surface area contributed by atoms with Crippen LogP contribution in [-0.4, -0.2) is 11.8 Å². The number of nitrogens with one attached hydrogen (secondary N) is 1. The number of carbonyl (C=O) groups excluding carboxylic acids is 2.